The van der Waals surface area contributed by atoms with Crippen LogP contribution in [0, 0.1) is 17.8 Å². The van der Waals surface area contributed by atoms with Crippen LogP contribution in [0.2, 0.25) is 0 Å². The van der Waals surface area contributed by atoms with Crippen molar-refractivity contribution in [3.63, 3.8) is 0 Å². The molecule has 1 aliphatic rings. The van der Waals surface area contributed by atoms with Crippen LogP contribution in [-0.4, -0.2) is 11.7 Å². The molecule has 0 aromatic heterocycles. The summed E-state index contributed by atoms with van der Waals surface area (Å²) in [4.78, 5) is 0. The fourth-order valence-electron chi connectivity index (χ4n) is 1.54. The highest BCUT2D eigenvalue weighted by Gasteiger charge is 1.97. The Morgan fingerprint density at radius 2 is 1.25 bits per heavy atom. The molecular formula is C23H48O. The molecule has 0 bridgehead atoms. The molecule has 1 N–H and O–H groups in total. The molecule has 0 saturated carbocycles. The van der Waals surface area contributed by atoms with Gasteiger partial charge < -0.3 is 5.11 Å². The van der Waals surface area contributed by atoms with Gasteiger partial charge in [-0.1, -0.05) is 98.6 Å². The first-order valence-electron chi connectivity index (χ1n) is 9.85. The molecule has 1 aliphatic carbocycles. The Bertz CT molecular complexity index is 254. The first-order valence-corrected chi connectivity index (χ1v) is 9.85. The highest BCUT2D eigenvalue weighted by Crippen LogP contribution is 2.08. The Morgan fingerprint density at radius 3 is 1.33 bits per heavy atom. The summed E-state index contributed by atoms with van der Waals surface area (Å²) in [7, 11) is 0. The van der Waals surface area contributed by atoms with Crippen LogP contribution in [0.5, 0.6) is 0 Å². The maximum Gasteiger partial charge on any atom is 0.0528 e. The van der Waals surface area contributed by atoms with Crippen LogP contribution in [0.4, 0.5) is 0 Å². The molecule has 24 heavy (non-hydrogen) atoms. The molecule has 0 aromatic rings. The first-order chi connectivity index (χ1) is 11.2. The van der Waals surface area contributed by atoms with Gasteiger partial charge in [0.05, 0.1) is 6.61 Å². The van der Waals surface area contributed by atoms with Crippen molar-refractivity contribution in [1.29, 1.82) is 0 Å². The van der Waals surface area contributed by atoms with E-state index >= 15 is 0 Å². The van der Waals surface area contributed by atoms with Crippen molar-refractivity contribution in [2.24, 2.45) is 17.8 Å². The van der Waals surface area contributed by atoms with Crippen molar-refractivity contribution in [1.82, 2.24) is 0 Å². The molecule has 0 atom stereocenters. The predicted octanol–water partition coefficient (Wildman–Crippen LogP) is 7.82. The Kier molecular flexibility index (Phi) is 34.9. The lowest BCUT2D eigenvalue weighted by Gasteiger charge is -2.05. The predicted molar refractivity (Wildman–Crippen MR) is 116 cm³/mol. The molecule has 0 aliphatic heterocycles. The smallest absolute Gasteiger partial charge is 0.0528 e. The number of aliphatic hydroxyl groups excluding tert-OH is 1. The summed E-state index contributed by atoms with van der Waals surface area (Å²) in [5.74, 6) is 2.04. The molecular weight excluding hydrogens is 292 g/mol. The monoisotopic (exact) mass is 340 g/mol. The van der Waals surface area contributed by atoms with Crippen LogP contribution in [0.1, 0.15) is 88.5 Å². The fourth-order valence-corrected chi connectivity index (χ4v) is 1.54. The van der Waals surface area contributed by atoms with Gasteiger partial charge in [-0.25, -0.2) is 0 Å². The maximum atomic E-state index is 8.46. The molecule has 0 heterocycles. The zero-order chi connectivity index (χ0) is 20.0. The summed E-state index contributed by atoms with van der Waals surface area (Å²) in [5, 5.41) is 8.46. The third kappa shape index (κ3) is 42.9. The highest BCUT2D eigenvalue weighted by atomic mass is 16.3. The molecule has 0 aromatic carbocycles. The Morgan fingerprint density at radius 1 is 0.958 bits per heavy atom. The van der Waals surface area contributed by atoms with Gasteiger partial charge in [0.2, 0.25) is 0 Å². The summed E-state index contributed by atoms with van der Waals surface area (Å²) < 4.78 is 0. The minimum absolute atomic E-state index is 0.243. The van der Waals surface area contributed by atoms with E-state index in [0.29, 0.717) is 5.92 Å². The van der Waals surface area contributed by atoms with E-state index in [2.05, 4.69) is 55.0 Å². The van der Waals surface area contributed by atoms with Gasteiger partial charge in [-0.05, 0) is 31.6 Å². The normalized spacial score (nSPS) is 11.4. The van der Waals surface area contributed by atoms with Gasteiger partial charge >= 0.3 is 0 Å². The average molecular weight is 341 g/mol. The van der Waals surface area contributed by atoms with E-state index < -0.39 is 0 Å². The second kappa shape index (κ2) is 27.0. The van der Waals surface area contributed by atoms with Crippen molar-refractivity contribution in [2.45, 2.75) is 88.5 Å². The summed E-state index contributed by atoms with van der Waals surface area (Å²) in [5.41, 5.74) is 1.25. The molecule has 146 valence electrons. The van der Waals surface area contributed by atoms with Gasteiger partial charge in [-0.2, -0.15) is 0 Å². The minimum atomic E-state index is 0.243. The molecule has 1 nitrogen and oxygen atoms in total. The van der Waals surface area contributed by atoms with Crippen LogP contribution >= 0.6 is 0 Å². The van der Waals surface area contributed by atoms with Crippen LogP contribution in [-0.2, 0) is 0 Å². The standard InChI is InChI=1S/C7H16.C6H8O.C5H10.C3H8.C2H6/c1-6(2)5-7(3)4;7-5-6-3-1-2-4-6;1-4-5(2)3;1-3-2;1-2/h6-7H,5H2,1-4H3;1-4,6-7H,5H2;2,4H2,1,3H3;3H2,1-2H3;1-2H3. The Labute approximate surface area is 155 Å². The van der Waals surface area contributed by atoms with Crippen LogP contribution < -0.4 is 0 Å². The SMILES string of the molecule is C=C(C)CC.CC.CC(C)CC(C)C.CCC.OCC1C=CC=C1. The van der Waals surface area contributed by atoms with Crippen molar-refractivity contribution >= 4 is 0 Å². The van der Waals surface area contributed by atoms with Gasteiger partial charge in [0.15, 0.2) is 0 Å². The third-order valence-corrected chi connectivity index (χ3v) is 2.58. The van der Waals surface area contributed by atoms with Crippen molar-refractivity contribution in [3.05, 3.63) is 36.5 Å². The van der Waals surface area contributed by atoms with Gasteiger partial charge in [0, 0.05) is 5.92 Å². The zero-order valence-corrected chi connectivity index (χ0v) is 18.5. The summed E-state index contributed by atoms with van der Waals surface area (Å²) >= 11 is 0. The summed E-state index contributed by atoms with van der Waals surface area (Å²) in [6.45, 7) is 25.3. The lowest BCUT2D eigenvalue weighted by molar-refractivity contribution is 0.275. The van der Waals surface area contributed by atoms with E-state index in [1.165, 1.54) is 18.4 Å². The highest BCUT2D eigenvalue weighted by molar-refractivity contribution is 5.17. The number of aliphatic hydroxyl groups is 1. The molecule has 0 saturated heterocycles. The molecule has 0 unspecified atom stereocenters. The minimum Gasteiger partial charge on any atom is -0.395 e. The van der Waals surface area contributed by atoms with E-state index in [4.69, 9.17) is 5.11 Å². The van der Waals surface area contributed by atoms with Crippen LogP contribution in [0.15, 0.2) is 36.5 Å². The van der Waals surface area contributed by atoms with Gasteiger partial charge in [0.25, 0.3) is 0 Å². The molecule has 0 amide bonds. The lowest BCUT2D eigenvalue weighted by Crippen LogP contribution is -1.93. The quantitative estimate of drug-likeness (QED) is 0.517. The second-order valence-corrected chi connectivity index (χ2v) is 6.66. The number of allylic oxidation sites excluding steroid dienone is 3. The Hall–Kier alpha value is -0.820. The maximum absolute atomic E-state index is 8.46. The van der Waals surface area contributed by atoms with E-state index in [-0.39, 0.29) is 6.61 Å². The topological polar surface area (TPSA) is 20.2 Å². The molecule has 1 rings (SSSR count). The molecule has 0 spiro atoms. The van der Waals surface area contributed by atoms with Crippen LogP contribution in [0.3, 0.4) is 0 Å². The van der Waals surface area contributed by atoms with Crippen LogP contribution in [0.25, 0.3) is 0 Å². The van der Waals surface area contributed by atoms with E-state index in [1.807, 2.05) is 45.1 Å². The third-order valence-electron chi connectivity index (χ3n) is 2.58. The second-order valence-electron chi connectivity index (χ2n) is 6.66. The largest absolute Gasteiger partial charge is 0.395 e. The molecule has 1 heteroatoms. The van der Waals surface area contributed by atoms with Crippen molar-refractivity contribution < 1.29 is 5.11 Å². The first kappa shape index (κ1) is 31.0. The zero-order valence-electron chi connectivity index (χ0n) is 18.5. The van der Waals surface area contributed by atoms with Gasteiger partial charge in [-0.15, -0.1) is 6.58 Å². The molecule has 0 fully saturated rings. The Balaban J connectivity index is -0.000000112. The van der Waals surface area contributed by atoms with Crippen molar-refractivity contribution in [3.8, 4) is 0 Å². The average Bonchev–Trinajstić information content (AvgIpc) is 3.03. The van der Waals surface area contributed by atoms with E-state index in [0.717, 1.165) is 18.3 Å². The molecule has 0 radical (unpaired) electrons. The van der Waals surface area contributed by atoms with E-state index in [1.54, 1.807) is 0 Å². The summed E-state index contributed by atoms with van der Waals surface area (Å²) in [6, 6.07) is 0. The van der Waals surface area contributed by atoms with E-state index in [9.17, 15) is 0 Å². The number of hydrogen-bond acceptors (Lipinski definition) is 1. The van der Waals surface area contributed by atoms with Gasteiger partial charge in [0.1, 0.15) is 0 Å². The number of hydrogen-bond donors (Lipinski definition) is 1. The lowest BCUT2D eigenvalue weighted by atomic mass is 10.0. The number of rotatable bonds is 4. The van der Waals surface area contributed by atoms with Crippen molar-refractivity contribution in [2.75, 3.05) is 6.61 Å². The van der Waals surface area contributed by atoms with Gasteiger partial charge in [-0.3, -0.25) is 0 Å². The summed E-state index contributed by atoms with van der Waals surface area (Å²) in [6.07, 6.45) is 11.6. The fraction of sp³-hybridized carbons (Fsp3) is 0.739.